The minimum Gasteiger partial charge on any atom is -0.264 e. The van der Waals surface area contributed by atoms with Gasteiger partial charge in [0.25, 0.3) is 0 Å². The van der Waals surface area contributed by atoms with Crippen LogP contribution in [0, 0.1) is 5.41 Å². The summed E-state index contributed by atoms with van der Waals surface area (Å²) in [4.78, 5) is 3.83. The largest absolute Gasteiger partial charge is 0.264 e. The van der Waals surface area contributed by atoms with Crippen LogP contribution in [-0.2, 0) is 0 Å². The van der Waals surface area contributed by atoms with Crippen molar-refractivity contribution < 1.29 is 0 Å². The van der Waals surface area contributed by atoms with Gasteiger partial charge in [-0.3, -0.25) is 10.4 Å². The maximum Gasteiger partial charge on any atom is 0.0515 e. The van der Waals surface area contributed by atoms with E-state index in [2.05, 4.69) is 10.9 Å². The first-order valence-electron chi connectivity index (χ1n) is 2.69. The molecule has 0 bridgehead atoms. The van der Waals surface area contributed by atoms with Crippen molar-refractivity contribution in [1.82, 2.24) is 4.98 Å². The van der Waals surface area contributed by atoms with E-state index in [1.807, 2.05) is 0 Å². The molecule has 0 aromatic carbocycles. The average molecular weight is 153 g/mol. The molecule has 0 atom stereocenters. The smallest absolute Gasteiger partial charge is 0.0515 e. The Balaban J connectivity index is 3.14. The lowest BCUT2D eigenvalue weighted by Gasteiger charge is -1.91. The molecule has 0 aliphatic heterocycles. The zero-order valence-electron chi connectivity index (χ0n) is 5.13. The molecule has 0 radical (unpaired) electrons. The molecule has 50 valence electrons. The molecule has 0 spiro atoms. The lowest BCUT2D eigenvalue weighted by atomic mass is 10.3. The van der Waals surface area contributed by atoms with Gasteiger partial charge in [-0.1, -0.05) is 11.6 Å². The van der Waals surface area contributed by atoms with Gasteiger partial charge >= 0.3 is 0 Å². The second-order valence-electron chi connectivity index (χ2n) is 1.69. The Bertz CT molecular complexity index is 277. The summed E-state index contributed by atoms with van der Waals surface area (Å²) >= 11 is 5.71. The van der Waals surface area contributed by atoms with Crippen molar-refractivity contribution in [3.8, 4) is 0 Å². The molecule has 0 unspecified atom stereocenters. The van der Waals surface area contributed by atoms with E-state index in [0.717, 1.165) is 5.56 Å². The van der Waals surface area contributed by atoms with Crippen molar-refractivity contribution in [2.45, 2.75) is 0 Å². The van der Waals surface area contributed by atoms with Gasteiger partial charge in [0.1, 0.15) is 0 Å². The predicted molar refractivity (Wildman–Crippen MR) is 41.4 cm³/mol. The molecule has 0 fully saturated rings. The molecule has 0 saturated heterocycles. The van der Waals surface area contributed by atoms with Gasteiger partial charge in [0, 0.05) is 24.0 Å². The summed E-state index contributed by atoms with van der Waals surface area (Å²) in [6.07, 6.45) is 4.66. The first-order chi connectivity index (χ1) is 4.84. The lowest BCUT2D eigenvalue weighted by Crippen LogP contribution is -1.76. The van der Waals surface area contributed by atoms with Crippen LogP contribution >= 0.6 is 11.6 Å². The number of halogens is 1. The van der Waals surface area contributed by atoms with Crippen LogP contribution in [0.3, 0.4) is 0 Å². The van der Waals surface area contributed by atoms with E-state index in [1.54, 1.807) is 18.5 Å². The molecule has 0 aliphatic carbocycles. The van der Waals surface area contributed by atoms with Crippen molar-refractivity contribution in [2.75, 3.05) is 0 Å². The summed E-state index contributed by atoms with van der Waals surface area (Å²) in [5.41, 5.74) is 0.721. The van der Waals surface area contributed by atoms with E-state index >= 15 is 0 Å². The standard InChI is InChI=1S/C7H5ClN2/c8-7-2-4-10-5-6(7)1-3-9/h1-2,4-5,9H. The molecule has 3 heteroatoms. The fourth-order valence-electron chi connectivity index (χ4n) is 0.574. The Morgan fingerprint density at radius 3 is 3.10 bits per heavy atom. The number of pyridine rings is 1. The number of nitrogens with zero attached hydrogens (tertiary/aromatic N) is 1. The van der Waals surface area contributed by atoms with E-state index in [0.29, 0.717) is 5.02 Å². The second-order valence-corrected chi connectivity index (χ2v) is 2.09. The van der Waals surface area contributed by atoms with Gasteiger partial charge in [-0.15, -0.1) is 0 Å². The van der Waals surface area contributed by atoms with Gasteiger partial charge in [0.05, 0.1) is 5.02 Å². The predicted octanol–water partition coefficient (Wildman–Crippen LogP) is 2.00. The SMILES string of the molecule is N=C=Cc1cnccc1Cl. The van der Waals surface area contributed by atoms with Crippen LogP contribution in [0.15, 0.2) is 18.5 Å². The number of aromatic nitrogens is 1. The highest BCUT2D eigenvalue weighted by Gasteiger charge is 1.91. The van der Waals surface area contributed by atoms with Crippen LogP contribution in [0.1, 0.15) is 5.56 Å². The fraction of sp³-hybridized carbons (Fsp3) is 0. The number of hydrogen-bond donors (Lipinski definition) is 1. The first kappa shape index (κ1) is 7.00. The van der Waals surface area contributed by atoms with Crippen LogP contribution in [-0.4, -0.2) is 10.9 Å². The van der Waals surface area contributed by atoms with E-state index in [1.165, 1.54) is 6.08 Å². The molecule has 10 heavy (non-hydrogen) atoms. The normalized spacial score (nSPS) is 8.50. The van der Waals surface area contributed by atoms with E-state index < -0.39 is 0 Å². The first-order valence-corrected chi connectivity index (χ1v) is 3.07. The highest BCUT2D eigenvalue weighted by atomic mass is 35.5. The summed E-state index contributed by atoms with van der Waals surface area (Å²) in [6, 6.07) is 1.67. The zero-order chi connectivity index (χ0) is 7.40. The van der Waals surface area contributed by atoms with Crippen molar-refractivity contribution in [1.29, 1.82) is 5.41 Å². The zero-order valence-corrected chi connectivity index (χ0v) is 5.89. The summed E-state index contributed by atoms with van der Waals surface area (Å²) < 4.78 is 0. The molecule has 0 aliphatic rings. The maximum atomic E-state index is 6.64. The summed E-state index contributed by atoms with van der Waals surface area (Å²) in [5.74, 6) is 2.13. The van der Waals surface area contributed by atoms with Gasteiger partial charge in [0.2, 0.25) is 0 Å². The average Bonchev–Trinajstić information content (AvgIpc) is 1.94. The van der Waals surface area contributed by atoms with Gasteiger partial charge < -0.3 is 0 Å². The third kappa shape index (κ3) is 1.44. The highest BCUT2D eigenvalue weighted by Crippen LogP contribution is 2.13. The Morgan fingerprint density at radius 1 is 1.70 bits per heavy atom. The van der Waals surface area contributed by atoms with Gasteiger partial charge in [0.15, 0.2) is 0 Å². The lowest BCUT2D eigenvalue weighted by molar-refractivity contribution is 1.32. The van der Waals surface area contributed by atoms with Gasteiger partial charge in [-0.25, -0.2) is 0 Å². The number of nitrogens with one attached hydrogen (secondary N) is 1. The monoisotopic (exact) mass is 152 g/mol. The molecule has 1 heterocycles. The molecule has 0 amide bonds. The van der Waals surface area contributed by atoms with Crippen molar-refractivity contribution >= 4 is 23.5 Å². The van der Waals surface area contributed by atoms with Crippen LogP contribution in [0.25, 0.3) is 6.08 Å². The second kappa shape index (κ2) is 3.16. The molecule has 2 nitrogen and oxygen atoms in total. The van der Waals surface area contributed by atoms with Gasteiger partial charge in [-0.2, -0.15) is 0 Å². The quantitative estimate of drug-likeness (QED) is 0.614. The van der Waals surface area contributed by atoms with Crippen LogP contribution in [0.5, 0.6) is 0 Å². The number of hydrogen-bond acceptors (Lipinski definition) is 2. The van der Waals surface area contributed by atoms with Crippen LogP contribution in [0.2, 0.25) is 5.02 Å². The molecule has 1 N–H and O–H groups in total. The van der Waals surface area contributed by atoms with Crippen molar-refractivity contribution in [3.63, 3.8) is 0 Å². The third-order valence-electron chi connectivity index (χ3n) is 1.02. The molecule has 0 saturated carbocycles. The fourth-order valence-corrected chi connectivity index (χ4v) is 0.733. The number of rotatable bonds is 1. The molecule has 1 aromatic rings. The van der Waals surface area contributed by atoms with Gasteiger partial charge in [-0.05, 0) is 11.9 Å². The minimum absolute atomic E-state index is 0.592. The van der Waals surface area contributed by atoms with Crippen molar-refractivity contribution in [3.05, 3.63) is 29.0 Å². The third-order valence-corrected chi connectivity index (χ3v) is 1.37. The molecule has 1 aromatic heterocycles. The summed E-state index contributed by atoms with van der Waals surface area (Å²) in [6.45, 7) is 0. The Kier molecular flexibility index (Phi) is 2.21. The summed E-state index contributed by atoms with van der Waals surface area (Å²) in [7, 11) is 0. The Hall–Kier alpha value is -1.11. The Morgan fingerprint density at radius 2 is 2.50 bits per heavy atom. The van der Waals surface area contributed by atoms with E-state index in [-0.39, 0.29) is 0 Å². The summed E-state index contributed by atoms with van der Waals surface area (Å²) in [5, 5.41) is 7.24. The van der Waals surface area contributed by atoms with E-state index in [9.17, 15) is 0 Å². The maximum absolute atomic E-state index is 6.64. The molecule has 1 rings (SSSR count). The Labute approximate surface area is 63.7 Å². The van der Waals surface area contributed by atoms with Crippen LogP contribution < -0.4 is 0 Å². The highest BCUT2D eigenvalue weighted by molar-refractivity contribution is 6.32. The van der Waals surface area contributed by atoms with E-state index in [4.69, 9.17) is 17.0 Å². The van der Waals surface area contributed by atoms with Crippen LogP contribution in [0.4, 0.5) is 0 Å². The molecular formula is C7H5ClN2. The van der Waals surface area contributed by atoms with Crippen molar-refractivity contribution in [2.24, 2.45) is 0 Å². The topological polar surface area (TPSA) is 36.7 Å². The molecular weight excluding hydrogens is 148 g/mol. The minimum atomic E-state index is 0.592.